The summed E-state index contributed by atoms with van der Waals surface area (Å²) in [7, 11) is 0. The van der Waals surface area contributed by atoms with Gasteiger partial charge in [-0.3, -0.25) is 0 Å². The van der Waals surface area contributed by atoms with E-state index in [1.54, 1.807) is 0 Å². The Hall–Kier alpha value is -0.970. The fourth-order valence-corrected chi connectivity index (χ4v) is 1.85. The van der Waals surface area contributed by atoms with Crippen molar-refractivity contribution in [3.63, 3.8) is 0 Å². The molecule has 1 nitrogen and oxygen atoms in total. The Morgan fingerprint density at radius 1 is 0.826 bits per heavy atom. The van der Waals surface area contributed by atoms with E-state index in [9.17, 15) is 44.6 Å². The molecule has 0 bridgehead atoms. The molecule has 11 heteroatoms. The van der Waals surface area contributed by atoms with E-state index in [4.69, 9.17) is 0 Å². The van der Waals surface area contributed by atoms with E-state index in [2.05, 4.69) is 15.9 Å². The van der Waals surface area contributed by atoms with Crippen LogP contribution in [0.1, 0.15) is 18.1 Å². The second kappa shape index (κ2) is 6.15. The van der Waals surface area contributed by atoms with Gasteiger partial charge in [0.15, 0.2) is 0 Å². The highest BCUT2D eigenvalue weighted by Crippen LogP contribution is 2.55. The summed E-state index contributed by atoms with van der Waals surface area (Å²) in [6, 6.07) is 4.51. The molecule has 0 spiro atoms. The third kappa shape index (κ3) is 3.76. The number of hydrogen-bond donors (Lipinski definition) is 1. The van der Waals surface area contributed by atoms with Crippen LogP contribution in [0.4, 0.5) is 39.5 Å². The van der Waals surface area contributed by atoms with Crippen molar-refractivity contribution in [3.05, 3.63) is 34.3 Å². The molecule has 0 aliphatic carbocycles. The van der Waals surface area contributed by atoms with Crippen LogP contribution in [0.2, 0.25) is 0 Å². The smallest absolute Gasteiger partial charge is 0.388 e. The quantitative estimate of drug-likeness (QED) is 0.639. The number of aliphatic hydroxyl groups is 1. The predicted molar refractivity (Wildman–Crippen MR) is 64.6 cm³/mol. The third-order valence-corrected chi connectivity index (χ3v) is 3.44. The first-order valence-corrected chi connectivity index (χ1v) is 6.56. The molecule has 0 radical (unpaired) electrons. The molecule has 1 aromatic carbocycles. The zero-order valence-electron chi connectivity index (χ0n) is 10.8. The molecule has 1 rings (SSSR count). The second-order valence-electron chi connectivity index (χ2n) is 4.62. The van der Waals surface area contributed by atoms with E-state index in [-0.39, 0.29) is 5.56 Å². The standard InChI is InChI=1S/C12H8BrF9O/c13-7-3-1-6(2-4-7)8(23)5-9(14,15)10(16,17)11(18,19)12(20,21)22/h1-4,8,23H,5H2. The lowest BCUT2D eigenvalue weighted by Crippen LogP contribution is -2.61. The van der Waals surface area contributed by atoms with Crippen LogP contribution in [0.3, 0.4) is 0 Å². The van der Waals surface area contributed by atoms with Crippen LogP contribution in [0.5, 0.6) is 0 Å². The zero-order chi connectivity index (χ0) is 18.3. The van der Waals surface area contributed by atoms with Gasteiger partial charge < -0.3 is 5.11 Å². The average Bonchev–Trinajstić information content (AvgIpc) is 2.37. The minimum atomic E-state index is -6.96. The van der Waals surface area contributed by atoms with Crippen molar-refractivity contribution in [1.29, 1.82) is 0 Å². The Kier molecular flexibility index (Phi) is 5.37. The summed E-state index contributed by atoms with van der Waals surface area (Å²) in [4.78, 5) is 0. The van der Waals surface area contributed by atoms with Crippen LogP contribution in [0, 0.1) is 0 Å². The molecule has 1 atom stereocenters. The minimum Gasteiger partial charge on any atom is -0.388 e. The first kappa shape index (κ1) is 20.1. The van der Waals surface area contributed by atoms with Crippen LogP contribution in [-0.2, 0) is 0 Å². The Balaban J connectivity index is 3.07. The Morgan fingerprint density at radius 3 is 1.65 bits per heavy atom. The molecule has 0 saturated heterocycles. The lowest BCUT2D eigenvalue weighted by atomic mass is 9.95. The van der Waals surface area contributed by atoms with E-state index < -0.39 is 36.5 Å². The van der Waals surface area contributed by atoms with Gasteiger partial charge in [0.25, 0.3) is 0 Å². The van der Waals surface area contributed by atoms with Crippen LogP contribution in [-0.4, -0.2) is 29.1 Å². The van der Waals surface area contributed by atoms with Gasteiger partial charge >= 0.3 is 23.9 Å². The van der Waals surface area contributed by atoms with Crippen LogP contribution < -0.4 is 0 Å². The fourth-order valence-electron chi connectivity index (χ4n) is 1.58. The number of hydrogen-bond acceptors (Lipinski definition) is 1. The summed E-state index contributed by atoms with van der Waals surface area (Å²) in [5.74, 6) is -19.5. The summed E-state index contributed by atoms with van der Waals surface area (Å²) < 4.78 is 114. The molecule has 0 saturated carbocycles. The molecule has 23 heavy (non-hydrogen) atoms. The first-order valence-electron chi connectivity index (χ1n) is 5.77. The number of alkyl halides is 9. The van der Waals surface area contributed by atoms with Crippen molar-refractivity contribution in [1.82, 2.24) is 0 Å². The van der Waals surface area contributed by atoms with Crippen LogP contribution in [0.25, 0.3) is 0 Å². The second-order valence-corrected chi connectivity index (χ2v) is 5.54. The van der Waals surface area contributed by atoms with Gasteiger partial charge in [-0.15, -0.1) is 0 Å². The Bertz CT molecular complexity index is 538. The highest BCUT2D eigenvalue weighted by atomic mass is 79.9. The highest BCUT2D eigenvalue weighted by Gasteiger charge is 2.81. The molecule has 1 aromatic rings. The van der Waals surface area contributed by atoms with Crippen molar-refractivity contribution in [3.8, 4) is 0 Å². The van der Waals surface area contributed by atoms with Gasteiger partial charge in [-0.05, 0) is 17.7 Å². The summed E-state index contributed by atoms with van der Waals surface area (Å²) >= 11 is 2.96. The van der Waals surface area contributed by atoms with Gasteiger partial charge in [0.1, 0.15) is 0 Å². The van der Waals surface area contributed by atoms with Gasteiger partial charge in [-0.1, -0.05) is 28.1 Å². The highest BCUT2D eigenvalue weighted by molar-refractivity contribution is 9.10. The zero-order valence-corrected chi connectivity index (χ0v) is 12.4. The van der Waals surface area contributed by atoms with Crippen molar-refractivity contribution in [2.45, 2.75) is 36.5 Å². The van der Waals surface area contributed by atoms with E-state index in [0.29, 0.717) is 4.47 Å². The molecular weight excluding hydrogens is 411 g/mol. The largest absolute Gasteiger partial charge is 0.460 e. The van der Waals surface area contributed by atoms with Crippen molar-refractivity contribution < 1.29 is 44.6 Å². The van der Waals surface area contributed by atoms with Gasteiger partial charge in [0.05, 0.1) is 6.10 Å². The fraction of sp³-hybridized carbons (Fsp3) is 0.500. The molecule has 0 amide bonds. The molecule has 0 fully saturated rings. The number of benzene rings is 1. The maximum atomic E-state index is 13.3. The van der Waals surface area contributed by atoms with E-state index in [0.717, 1.165) is 12.1 Å². The maximum Gasteiger partial charge on any atom is 0.460 e. The summed E-state index contributed by atoms with van der Waals surface area (Å²) in [6.45, 7) is 0. The first-order chi connectivity index (χ1) is 10.1. The van der Waals surface area contributed by atoms with Crippen molar-refractivity contribution >= 4 is 15.9 Å². The van der Waals surface area contributed by atoms with Crippen LogP contribution in [0.15, 0.2) is 28.7 Å². The van der Waals surface area contributed by atoms with Crippen LogP contribution >= 0.6 is 15.9 Å². The molecule has 0 aromatic heterocycles. The molecular formula is C12H8BrF9O. The molecule has 0 aliphatic heterocycles. The maximum absolute atomic E-state index is 13.3. The van der Waals surface area contributed by atoms with Gasteiger partial charge in [-0.2, -0.15) is 39.5 Å². The molecule has 1 N–H and O–H groups in total. The number of rotatable bonds is 5. The topological polar surface area (TPSA) is 20.2 Å². The molecule has 132 valence electrons. The van der Waals surface area contributed by atoms with E-state index in [1.807, 2.05) is 0 Å². The van der Waals surface area contributed by atoms with E-state index >= 15 is 0 Å². The normalized spacial score (nSPS) is 15.6. The van der Waals surface area contributed by atoms with Gasteiger partial charge in [0, 0.05) is 10.9 Å². The Morgan fingerprint density at radius 2 is 1.26 bits per heavy atom. The molecule has 1 unspecified atom stereocenters. The monoisotopic (exact) mass is 418 g/mol. The Labute approximate surface area is 132 Å². The predicted octanol–water partition coefficient (Wildman–Crippen LogP) is 5.34. The summed E-state index contributed by atoms with van der Waals surface area (Å²) in [6.07, 6.45) is -11.6. The average molecular weight is 419 g/mol. The molecule has 0 aliphatic rings. The summed E-state index contributed by atoms with van der Waals surface area (Å²) in [5, 5.41) is 9.42. The third-order valence-electron chi connectivity index (χ3n) is 2.91. The lowest BCUT2D eigenvalue weighted by molar-refractivity contribution is -0.398. The summed E-state index contributed by atoms with van der Waals surface area (Å²) in [5.41, 5.74) is -0.348. The number of halogens is 10. The van der Waals surface area contributed by atoms with E-state index in [1.165, 1.54) is 12.1 Å². The SMILES string of the molecule is OC(CC(F)(F)C(F)(F)C(F)(F)C(F)(F)F)c1ccc(Br)cc1. The molecule has 0 heterocycles. The number of aliphatic hydroxyl groups excluding tert-OH is 1. The van der Waals surface area contributed by atoms with Crippen molar-refractivity contribution in [2.75, 3.05) is 0 Å². The van der Waals surface area contributed by atoms with Gasteiger partial charge in [-0.25, -0.2) is 0 Å². The van der Waals surface area contributed by atoms with Gasteiger partial charge in [0.2, 0.25) is 0 Å². The minimum absolute atomic E-state index is 0.348. The van der Waals surface area contributed by atoms with Crippen molar-refractivity contribution in [2.24, 2.45) is 0 Å². The lowest BCUT2D eigenvalue weighted by Gasteiger charge is -2.34.